The Morgan fingerprint density at radius 3 is 2.38 bits per heavy atom. The third kappa shape index (κ3) is 5.91. The molecule has 2 aliphatic heterocycles. The van der Waals surface area contributed by atoms with Crippen molar-refractivity contribution in [3.8, 4) is 5.75 Å². The first-order valence-electron chi connectivity index (χ1n) is 10.3. The van der Waals surface area contributed by atoms with Crippen LogP contribution in [0, 0.1) is 5.92 Å². The van der Waals surface area contributed by atoms with Crippen molar-refractivity contribution in [1.29, 1.82) is 0 Å². The number of piperidine rings is 2. The SMILES string of the molecule is CC(=NO)N1CCC(CC2CC(=O)CCN2S(=O)(=O)c2ccc(OC(F)(F)F)cc2)CC1. The number of amidine groups is 1. The van der Waals surface area contributed by atoms with Gasteiger partial charge in [0.2, 0.25) is 10.0 Å². The molecule has 0 spiro atoms. The normalized spacial score (nSPS) is 22.2. The van der Waals surface area contributed by atoms with Crippen molar-refractivity contribution < 1.29 is 36.3 Å². The molecule has 0 amide bonds. The highest BCUT2D eigenvalue weighted by Gasteiger charge is 2.38. The molecular formula is C20H26F3N3O5S. The second-order valence-corrected chi connectivity index (χ2v) is 9.99. The van der Waals surface area contributed by atoms with E-state index >= 15 is 0 Å². The third-order valence-corrected chi connectivity index (χ3v) is 7.93. The lowest BCUT2D eigenvalue weighted by Crippen LogP contribution is -2.48. The molecule has 12 heteroatoms. The van der Waals surface area contributed by atoms with E-state index in [1.165, 1.54) is 4.31 Å². The summed E-state index contributed by atoms with van der Waals surface area (Å²) in [6.07, 6.45) is -2.58. The van der Waals surface area contributed by atoms with Gasteiger partial charge in [0.15, 0.2) is 0 Å². The average Bonchev–Trinajstić information content (AvgIpc) is 2.73. The minimum atomic E-state index is -4.87. The number of hydrogen-bond donors (Lipinski definition) is 1. The van der Waals surface area contributed by atoms with Crippen molar-refractivity contribution in [1.82, 2.24) is 9.21 Å². The van der Waals surface area contributed by atoms with Crippen LogP contribution in [0.25, 0.3) is 0 Å². The Hall–Kier alpha value is -2.34. The number of Topliss-reactive ketones (excluding diaryl/α,β-unsaturated/α-hetero) is 1. The molecule has 1 aromatic rings. The molecule has 2 aliphatic rings. The molecule has 0 aromatic heterocycles. The molecule has 1 aromatic carbocycles. The largest absolute Gasteiger partial charge is 0.573 e. The Kier molecular flexibility index (Phi) is 7.33. The molecule has 2 saturated heterocycles. The number of ketones is 1. The van der Waals surface area contributed by atoms with E-state index in [2.05, 4.69) is 9.89 Å². The van der Waals surface area contributed by atoms with Crippen molar-refractivity contribution in [3.05, 3.63) is 24.3 Å². The monoisotopic (exact) mass is 477 g/mol. The number of benzene rings is 1. The Balaban J connectivity index is 1.72. The third-order valence-electron chi connectivity index (χ3n) is 5.97. The van der Waals surface area contributed by atoms with Crippen LogP contribution in [0.4, 0.5) is 13.2 Å². The van der Waals surface area contributed by atoms with Gasteiger partial charge in [0.05, 0.1) is 4.90 Å². The number of alkyl halides is 3. The molecule has 1 unspecified atom stereocenters. The van der Waals surface area contributed by atoms with Crippen LogP contribution >= 0.6 is 0 Å². The summed E-state index contributed by atoms with van der Waals surface area (Å²) in [7, 11) is -3.99. The molecule has 2 fully saturated rings. The highest BCUT2D eigenvalue weighted by Crippen LogP contribution is 2.32. The molecule has 0 radical (unpaired) electrons. The molecule has 0 aliphatic carbocycles. The summed E-state index contributed by atoms with van der Waals surface area (Å²) in [5.74, 6) is 0.221. The van der Waals surface area contributed by atoms with Gasteiger partial charge in [-0.15, -0.1) is 13.2 Å². The lowest BCUT2D eigenvalue weighted by atomic mass is 9.87. The fourth-order valence-corrected chi connectivity index (χ4v) is 5.93. The number of halogens is 3. The van der Waals surface area contributed by atoms with Crippen LogP contribution in [0.5, 0.6) is 5.75 Å². The first kappa shape index (κ1) is 24.3. The predicted molar refractivity (Wildman–Crippen MR) is 109 cm³/mol. The van der Waals surface area contributed by atoms with E-state index < -0.39 is 28.2 Å². The Bertz CT molecular complexity index is 942. The van der Waals surface area contributed by atoms with E-state index in [0.29, 0.717) is 25.3 Å². The van der Waals surface area contributed by atoms with Gasteiger partial charge in [-0.25, -0.2) is 8.42 Å². The van der Waals surface area contributed by atoms with Gasteiger partial charge in [0.1, 0.15) is 17.4 Å². The van der Waals surface area contributed by atoms with Crippen LogP contribution in [0.2, 0.25) is 0 Å². The number of likely N-dealkylation sites (tertiary alicyclic amines) is 1. The summed E-state index contributed by atoms with van der Waals surface area (Å²) >= 11 is 0. The van der Waals surface area contributed by atoms with Crippen molar-refractivity contribution in [2.45, 2.75) is 56.3 Å². The first-order valence-corrected chi connectivity index (χ1v) is 11.8. The van der Waals surface area contributed by atoms with E-state index in [4.69, 9.17) is 5.21 Å². The summed E-state index contributed by atoms with van der Waals surface area (Å²) in [5.41, 5.74) is 0. The number of sulfonamides is 1. The summed E-state index contributed by atoms with van der Waals surface area (Å²) in [5, 5.41) is 12.1. The summed E-state index contributed by atoms with van der Waals surface area (Å²) in [4.78, 5) is 13.9. The number of carbonyl (C=O) groups excluding carboxylic acids is 1. The fourth-order valence-electron chi connectivity index (χ4n) is 4.29. The number of oxime groups is 1. The Morgan fingerprint density at radius 2 is 1.81 bits per heavy atom. The second kappa shape index (κ2) is 9.65. The van der Waals surface area contributed by atoms with Gasteiger partial charge in [-0.3, -0.25) is 4.79 Å². The van der Waals surface area contributed by atoms with Crippen molar-refractivity contribution in [2.24, 2.45) is 11.1 Å². The zero-order valence-corrected chi connectivity index (χ0v) is 18.4. The van der Waals surface area contributed by atoms with Crippen LogP contribution in [-0.4, -0.2) is 66.5 Å². The number of rotatable bonds is 5. The van der Waals surface area contributed by atoms with Gasteiger partial charge in [0.25, 0.3) is 0 Å². The molecule has 0 saturated carbocycles. The maximum Gasteiger partial charge on any atom is 0.573 e. The number of ether oxygens (including phenoxy) is 1. The smallest absolute Gasteiger partial charge is 0.409 e. The van der Waals surface area contributed by atoms with Crippen LogP contribution in [0.15, 0.2) is 34.3 Å². The highest BCUT2D eigenvalue weighted by atomic mass is 32.2. The molecular weight excluding hydrogens is 451 g/mol. The molecule has 32 heavy (non-hydrogen) atoms. The molecule has 8 nitrogen and oxygen atoms in total. The fraction of sp³-hybridized carbons (Fsp3) is 0.600. The summed E-state index contributed by atoms with van der Waals surface area (Å²) < 4.78 is 68.6. The minimum Gasteiger partial charge on any atom is -0.409 e. The van der Waals surface area contributed by atoms with Gasteiger partial charge < -0.3 is 14.8 Å². The van der Waals surface area contributed by atoms with Crippen LogP contribution < -0.4 is 4.74 Å². The molecule has 1 atom stereocenters. The van der Waals surface area contributed by atoms with Crippen LogP contribution in [-0.2, 0) is 14.8 Å². The van der Waals surface area contributed by atoms with E-state index in [-0.39, 0.29) is 36.0 Å². The minimum absolute atomic E-state index is 0.00364. The topological polar surface area (TPSA) is 99.5 Å². The second-order valence-electron chi connectivity index (χ2n) is 8.09. The van der Waals surface area contributed by atoms with Crippen molar-refractivity contribution >= 4 is 21.6 Å². The van der Waals surface area contributed by atoms with Crippen LogP contribution in [0.3, 0.4) is 0 Å². The maximum absolute atomic E-state index is 13.2. The molecule has 178 valence electrons. The maximum atomic E-state index is 13.2. The summed E-state index contributed by atoms with van der Waals surface area (Å²) in [6.45, 7) is 3.10. The molecule has 1 N–H and O–H groups in total. The van der Waals surface area contributed by atoms with Crippen molar-refractivity contribution in [2.75, 3.05) is 19.6 Å². The van der Waals surface area contributed by atoms with Gasteiger partial charge in [-0.05, 0) is 56.4 Å². The summed E-state index contributed by atoms with van der Waals surface area (Å²) in [6, 6.07) is 3.59. The standard InChI is InChI=1S/C20H26F3N3O5S/c1-14(24-28)25-9-6-15(7-10-25)12-16-13-17(27)8-11-26(16)32(29,30)19-4-2-18(3-5-19)31-20(21,22)23/h2-5,15-16,28H,6-13H2,1H3. The number of hydrogen-bond acceptors (Lipinski definition) is 6. The first-order chi connectivity index (χ1) is 15.0. The van der Waals surface area contributed by atoms with Gasteiger partial charge in [0, 0.05) is 38.5 Å². The zero-order valence-electron chi connectivity index (χ0n) is 17.6. The molecule has 0 bridgehead atoms. The average molecular weight is 478 g/mol. The van der Waals surface area contributed by atoms with Crippen molar-refractivity contribution in [3.63, 3.8) is 0 Å². The Morgan fingerprint density at radius 1 is 1.19 bits per heavy atom. The number of carbonyl (C=O) groups is 1. The Labute approximate surface area is 184 Å². The molecule has 3 rings (SSSR count). The van der Waals surface area contributed by atoms with Gasteiger partial charge in [-0.2, -0.15) is 4.31 Å². The van der Waals surface area contributed by atoms with E-state index in [1.54, 1.807) is 6.92 Å². The molecule has 2 heterocycles. The quantitative estimate of drug-likeness (QED) is 0.303. The lowest BCUT2D eigenvalue weighted by Gasteiger charge is -2.38. The highest BCUT2D eigenvalue weighted by molar-refractivity contribution is 7.89. The lowest BCUT2D eigenvalue weighted by molar-refractivity contribution is -0.274. The van der Waals surface area contributed by atoms with Crippen LogP contribution in [0.1, 0.15) is 39.0 Å². The van der Waals surface area contributed by atoms with Gasteiger partial charge in [-0.1, -0.05) is 5.16 Å². The van der Waals surface area contributed by atoms with E-state index in [0.717, 1.165) is 37.1 Å². The predicted octanol–water partition coefficient (Wildman–Crippen LogP) is 3.22. The van der Waals surface area contributed by atoms with E-state index in [9.17, 15) is 26.4 Å². The van der Waals surface area contributed by atoms with E-state index in [1.807, 2.05) is 4.90 Å². The zero-order chi connectivity index (χ0) is 23.5. The van der Waals surface area contributed by atoms with Gasteiger partial charge >= 0.3 is 6.36 Å². The number of nitrogens with zero attached hydrogens (tertiary/aromatic N) is 3.